The van der Waals surface area contributed by atoms with E-state index in [4.69, 9.17) is 5.73 Å². The van der Waals surface area contributed by atoms with Crippen molar-refractivity contribution in [3.8, 4) is 0 Å². The Morgan fingerprint density at radius 1 is 1.31 bits per heavy atom. The van der Waals surface area contributed by atoms with E-state index in [-0.39, 0.29) is 17.9 Å². The Morgan fingerprint density at radius 2 is 1.81 bits per heavy atom. The number of hydrogen-bond donors (Lipinski definition) is 2. The average Bonchev–Trinajstić information content (AvgIpc) is 2.19. The molecule has 3 nitrogen and oxygen atoms in total. The first-order valence-electron chi connectivity index (χ1n) is 6.38. The molecule has 1 rings (SSSR count). The summed E-state index contributed by atoms with van der Waals surface area (Å²) < 4.78 is 0. The largest absolute Gasteiger partial charge is 0.353 e. The fourth-order valence-electron chi connectivity index (χ4n) is 2.12. The SMILES string of the molecule is CC(N)C(C)C(=O)NC1CCC(C)(C)CC1. The van der Waals surface area contributed by atoms with Gasteiger partial charge in [-0.25, -0.2) is 0 Å². The van der Waals surface area contributed by atoms with E-state index in [0.717, 1.165) is 12.8 Å². The lowest BCUT2D eigenvalue weighted by atomic mass is 9.75. The number of hydrogen-bond acceptors (Lipinski definition) is 2. The summed E-state index contributed by atoms with van der Waals surface area (Å²) in [5.74, 6) is 0.0228. The van der Waals surface area contributed by atoms with Crippen LogP contribution in [0.1, 0.15) is 53.4 Å². The van der Waals surface area contributed by atoms with Crippen molar-refractivity contribution < 1.29 is 4.79 Å². The summed E-state index contributed by atoms with van der Waals surface area (Å²) >= 11 is 0. The number of nitrogens with one attached hydrogen (secondary N) is 1. The van der Waals surface area contributed by atoms with Crippen LogP contribution < -0.4 is 11.1 Å². The third kappa shape index (κ3) is 3.78. The number of carbonyl (C=O) groups is 1. The first-order chi connectivity index (χ1) is 7.32. The molecule has 16 heavy (non-hydrogen) atoms. The monoisotopic (exact) mass is 226 g/mol. The zero-order valence-corrected chi connectivity index (χ0v) is 11.0. The Kier molecular flexibility index (Phi) is 4.36. The van der Waals surface area contributed by atoms with Crippen molar-refractivity contribution in [2.45, 2.75) is 65.5 Å². The summed E-state index contributed by atoms with van der Waals surface area (Å²) in [6.45, 7) is 8.38. The molecule has 0 bridgehead atoms. The minimum atomic E-state index is -0.0880. The maximum absolute atomic E-state index is 11.8. The van der Waals surface area contributed by atoms with Gasteiger partial charge in [-0.05, 0) is 38.0 Å². The number of carbonyl (C=O) groups excluding carboxylic acids is 1. The highest BCUT2D eigenvalue weighted by molar-refractivity contribution is 5.79. The topological polar surface area (TPSA) is 55.1 Å². The van der Waals surface area contributed by atoms with Gasteiger partial charge in [0.15, 0.2) is 0 Å². The number of rotatable bonds is 3. The van der Waals surface area contributed by atoms with Crippen LogP contribution in [0, 0.1) is 11.3 Å². The van der Waals surface area contributed by atoms with Crippen LogP contribution in [-0.4, -0.2) is 18.0 Å². The molecule has 0 aliphatic heterocycles. The van der Waals surface area contributed by atoms with Gasteiger partial charge in [-0.3, -0.25) is 4.79 Å². The van der Waals surface area contributed by atoms with Crippen molar-refractivity contribution in [2.24, 2.45) is 17.1 Å². The van der Waals surface area contributed by atoms with Gasteiger partial charge in [-0.15, -0.1) is 0 Å². The van der Waals surface area contributed by atoms with E-state index in [1.807, 2.05) is 13.8 Å². The molecule has 0 radical (unpaired) electrons. The smallest absolute Gasteiger partial charge is 0.224 e. The molecule has 0 heterocycles. The molecular formula is C13H26N2O. The van der Waals surface area contributed by atoms with Crippen LogP contribution in [0.2, 0.25) is 0 Å². The van der Waals surface area contributed by atoms with Crippen molar-refractivity contribution in [3.05, 3.63) is 0 Å². The molecule has 0 aromatic rings. The second kappa shape index (κ2) is 5.17. The zero-order chi connectivity index (χ0) is 12.3. The van der Waals surface area contributed by atoms with E-state index in [1.54, 1.807) is 0 Å². The summed E-state index contributed by atoms with van der Waals surface area (Å²) in [4.78, 5) is 11.8. The molecule has 1 fully saturated rings. The molecule has 1 aliphatic rings. The van der Waals surface area contributed by atoms with Crippen LogP contribution in [0.5, 0.6) is 0 Å². The van der Waals surface area contributed by atoms with Gasteiger partial charge in [0.1, 0.15) is 0 Å². The summed E-state index contributed by atoms with van der Waals surface area (Å²) in [6, 6.07) is 0.293. The minimum absolute atomic E-state index is 0.0694. The van der Waals surface area contributed by atoms with Crippen molar-refractivity contribution in [1.82, 2.24) is 5.32 Å². The molecule has 1 saturated carbocycles. The maximum atomic E-state index is 11.8. The number of nitrogens with two attached hydrogens (primary N) is 1. The molecule has 0 spiro atoms. The lowest BCUT2D eigenvalue weighted by molar-refractivity contribution is -0.126. The third-order valence-corrected chi connectivity index (χ3v) is 3.89. The quantitative estimate of drug-likeness (QED) is 0.774. The zero-order valence-electron chi connectivity index (χ0n) is 11.0. The Hall–Kier alpha value is -0.570. The highest BCUT2D eigenvalue weighted by Crippen LogP contribution is 2.35. The first kappa shape index (κ1) is 13.5. The van der Waals surface area contributed by atoms with E-state index in [9.17, 15) is 4.79 Å². The summed E-state index contributed by atoms with van der Waals surface area (Å²) in [6.07, 6.45) is 4.60. The fraction of sp³-hybridized carbons (Fsp3) is 0.923. The molecular weight excluding hydrogens is 200 g/mol. The lowest BCUT2D eigenvalue weighted by Crippen LogP contribution is -2.45. The summed E-state index contributed by atoms with van der Waals surface area (Å²) in [5, 5.41) is 3.12. The Morgan fingerprint density at radius 3 is 2.25 bits per heavy atom. The molecule has 2 atom stereocenters. The molecule has 0 aromatic heterocycles. The van der Waals surface area contributed by atoms with Gasteiger partial charge >= 0.3 is 0 Å². The van der Waals surface area contributed by atoms with Crippen LogP contribution in [0.15, 0.2) is 0 Å². The van der Waals surface area contributed by atoms with Gasteiger partial charge in [0.05, 0.1) is 0 Å². The van der Waals surface area contributed by atoms with E-state index in [2.05, 4.69) is 19.2 Å². The minimum Gasteiger partial charge on any atom is -0.353 e. The van der Waals surface area contributed by atoms with Crippen LogP contribution in [-0.2, 0) is 4.79 Å². The van der Waals surface area contributed by atoms with E-state index in [1.165, 1.54) is 12.8 Å². The molecule has 1 amide bonds. The van der Waals surface area contributed by atoms with Gasteiger partial charge in [0.25, 0.3) is 0 Å². The molecule has 3 N–H and O–H groups in total. The van der Waals surface area contributed by atoms with Crippen LogP contribution in [0.3, 0.4) is 0 Å². The van der Waals surface area contributed by atoms with Crippen LogP contribution in [0.25, 0.3) is 0 Å². The standard InChI is InChI=1S/C13H26N2O/c1-9(10(2)14)12(16)15-11-5-7-13(3,4)8-6-11/h9-11H,5-8,14H2,1-4H3,(H,15,16). The van der Waals surface area contributed by atoms with Crippen molar-refractivity contribution in [1.29, 1.82) is 0 Å². The summed E-state index contributed by atoms with van der Waals surface area (Å²) in [7, 11) is 0. The van der Waals surface area contributed by atoms with Gasteiger partial charge in [0, 0.05) is 18.0 Å². The van der Waals surface area contributed by atoms with Crippen molar-refractivity contribution in [2.75, 3.05) is 0 Å². The predicted octanol–water partition coefficient (Wildman–Crippen LogP) is 2.05. The Balaban J connectivity index is 2.37. The van der Waals surface area contributed by atoms with Crippen molar-refractivity contribution >= 4 is 5.91 Å². The van der Waals surface area contributed by atoms with Crippen LogP contribution in [0.4, 0.5) is 0 Å². The van der Waals surface area contributed by atoms with Gasteiger partial charge in [-0.1, -0.05) is 20.8 Å². The fourth-order valence-corrected chi connectivity index (χ4v) is 2.12. The molecule has 2 unspecified atom stereocenters. The molecule has 94 valence electrons. The van der Waals surface area contributed by atoms with E-state index >= 15 is 0 Å². The Bertz CT molecular complexity index is 238. The van der Waals surface area contributed by atoms with Gasteiger partial charge < -0.3 is 11.1 Å². The lowest BCUT2D eigenvalue weighted by Gasteiger charge is -2.35. The molecule has 0 saturated heterocycles. The second-order valence-electron chi connectivity index (χ2n) is 6.09. The maximum Gasteiger partial charge on any atom is 0.224 e. The second-order valence-corrected chi connectivity index (χ2v) is 6.09. The first-order valence-corrected chi connectivity index (χ1v) is 6.38. The van der Waals surface area contributed by atoms with Crippen LogP contribution >= 0.6 is 0 Å². The molecule has 0 aromatic carbocycles. The van der Waals surface area contributed by atoms with E-state index in [0.29, 0.717) is 11.5 Å². The average molecular weight is 226 g/mol. The Labute approximate surface area is 99.2 Å². The third-order valence-electron chi connectivity index (χ3n) is 3.89. The normalized spacial score (nSPS) is 24.8. The van der Waals surface area contributed by atoms with Gasteiger partial charge in [0.2, 0.25) is 5.91 Å². The number of amides is 1. The molecule has 3 heteroatoms. The van der Waals surface area contributed by atoms with Gasteiger partial charge in [-0.2, -0.15) is 0 Å². The predicted molar refractivity (Wildman–Crippen MR) is 67.0 cm³/mol. The van der Waals surface area contributed by atoms with E-state index < -0.39 is 0 Å². The van der Waals surface area contributed by atoms with Crippen molar-refractivity contribution in [3.63, 3.8) is 0 Å². The highest BCUT2D eigenvalue weighted by Gasteiger charge is 2.28. The summed E-state index contributed by atoms with van der Waals surface area (Å²) in [5.41, 5.74) is 6.18. The highest BCUT2D eigenvalue weighted by atomic mass is 16.1. The molecule has 1 aliphatic carbocycles.